The number of anilines is 3. The number of aromatic nitrogens is 2. The van der Waals surface area contributed by atoms with Gasteiger partial charge in [-0.05, 0) is 38.8 Å². The first kappa shape index (κ1) is 13.8. The quantitative estimate of drug-likeness (QED) is 0.659. The van der Waals surface area contributed by atoms with Crippen molar-refractivity contribution >= 4 is 17.3 Å². The van der Waals surface area contributed by atoms with Crippen molar-refractivity contribution in [3.8, 4) is 6.19 Å². The molecule has 1 aromatic carbocycles. The SMILES string of the molecule is Cc1cc(C)c(Nc2cc(NC#N)nc(C)n2)c(C)c1. The van der Waals surface area contributed by atoms with Gasteiger partial charge in [0.25, 0.3) is 0 Å². The maximum Gasteiger partial charge on any atom is 0.182 e. The number of benzene rings is 1. The van der Waals surface area contributed by atoms with E-state index in [1.54, 1.807) is 13.0 Å². The number of nitrogens with zero attached hydrogens (tertiary/aromatic N) is 3. The fourth-order valence-corrected chi connectivity index (χ4v) is 2.26. The number of nitrogens with one attached hydrogen (secondary N) is 2. The second-order valence-corrected chi connectivity index (χ2v) is 4.82. The lowest BCUT2D eigenvalue weighted by Gasteiger charge is -2.14. The summed E-state index contributed by atoms with van der Waals surface area (Å²) >= 11 is 0. The Bertz CT molecular complexity index is 662. The first-order valence-electron chi connectivity index (χ1n) is 6.35. The van der Waals surface area contributed by atoms with Crippen LogP contribution >= 0.6 is 0 Å². The monoisotopic (exact) mass is 267 g/mol. The highest BCUT2D eigenvalue weighted by Crippen LogP contribution is 2.25. The van der Waals surface area contributed by atoms with E-state index in [1.165, 1.54) is 5.56 Å². The van der Waals surface area contributed by atoms with E-state index in [4.69, 9.17) is 5.26 Å². The second-order valence-electron chi connectivity index (χ2n) is 4.82. The molecular weight excluding hydrogens is 250 g/mol. The van der Waals surface area contributed by atoms with Crippen molar-refractivity contribution in [1.29, 1.82) is 5.26 Å². The fraction of sp³-hybridized carbons (Fsp3) is 0.267. The van der Waals surface area contributed by atoms with Gasteiger partial charge in [-0.25, -0.2) is 9.97 Å². The number of rotatable bonds is 3. The Morgan fingerprint density at radius 3 is 2.15 bits per heavy atom. The average Bonchev–Trinajstić information content (AvgIpc) is 2.33. The van der Waals surface area contributed by atoms with Gasteiger partial charge in [0.1, 0.15) is 17.5 Å². The van der Waals surface area contributed by atoms with Gasteiger partial charge in [0.2, 0.25) is 0 Å². The summed E-state index contributed by atoms with van der Waals surface area (Å²) in [4.78, 5) is 8.48. The van der Waals surface area contributed by atoms with Crippen molar-refractivity contribution < 1.29 is 0 Å². The molecule has 0 amide bonds. The summed E-state index contributed by atoms with van der Waals surface area (Å²) in [5.41, 5.74) is 4.59. The van der Waals surface area contributed by atoms with Crippen LogP contribution in [0.5, 0.6) is 0 Å². The van der Waals surface area contributed by atoms with E-state index in [-0.39, 0.29) is 0 Å². The average molecular weight is 267 g/mol. The fourth-order valence-electron chi connectivity index (χ4n) is 2.26. The summed E-state index contributed by atoms with van der Waals surface area (Å²) in [7, 11) is 0. The summed E-state index contributed by atoms with van der Waals surface area (Å²) in [5, 5.41) is 14.5. The van der Waals surface area contributed by atoms with E-state index < -0.39 is 0 Å². The zero-order valence-corrected chi connectivity index (χ0v) is 12.1. The number of hydrogen-bond acceptors (Lipinski definition) is 5. The third-order valence-electron chi connectivity index (χ3n) is 2.95. The van der Waals surface area contributed by atoms with Gasteiger partial charge in [-0.15, -0.1) is 0 Å². The molecule has 0 atom stereocenters. The minimum Gasteiger partial charge on any atom is -0.340 e. The van der Waals surface area contributed by atoms with Gasteiger partial charge in [0.15, 0.2) is 6.19 Å². The maximum absolute atomic E-state index is 8.67. The molecule has 20 heavy (non-hydrogen) atoms. The van der Waals surface area contributed by atoms with Crippen molar-refractivity contribution in [3.63, 3.8) is 0 Å². The standard InChI is InChI=1S/C15H17N5/c1-9-5-10(2)15(11(3)6-9)20-14-7-13(17-8-16)18-12(4)19-14/h5-7H,1-4H3,(H2,17,18,19,20). The molecule has 1 aromatic heterocycles. The first-order valence-corrected chi connectivity index (χ1v) is 6.35. The van der Waals surface area contributed by atoms with Crippen LogP contribution in [-0.4, -0.2) is 9.97 Å². The van der Waals surface area contributed by atoms with E-state index in [1.807, 2.05) is 6.19 Å². The summed E-state index contributed by atoms with van der Waals surface area (Å²) in [5.74, 6) is 1.77. The summed E-state index contributed by atoms with van der Waals surface area (Å²) in [6.45, 7) is 7.99. The maximum atomic E-state index is 8.67. The summed E-state index contributed by atoms with van der Waals surface area (Å²) in [6, 6.07) is 5.96. The molecule has 0 fully saturated rings. The first-order chi connectivity index (χ1) is 9.49. The lowest BCUT2D eigenvalue weighted by atomic mass is 10.1. The number of nitriles is 1. The highest BCUT2D eigenvalue weighted by atomic mass is 15.1. The van der Waals surface area contributed by atoms with Gasteiger partial charge >= 0.3 is 0 Å². The van der Waals surface area contributed by atoms with E-state index in [2.05, 4.69) is 53.5 Å². The minimum absolute atomic E-state index is 0.491. The zero-order valence-electron chi connectivity index (χ0n) is 12.1. The molecule has 0 aliphatic carbocycles. The smallest absolute Gasteiger partial charge is 0.182 e. The van der Waals surface area contributed by atoms with Crippen LogP contribution in [0, 0.1) is 39.1 Å². The lowest BCUT2D eigenvalue weighted by molar-refractivity contribution is 1.06. The molecule has 2 N–H and O–H groups in total. The molecule has 0 unspecified atom stereocenters. The molecule has 0 bridgehead atoms. The van der Waals surface area contributed by atoms with Gasteiger partial charge in [-0.1, -0.05) is 17.7 Å². The lowest BCUT2D eigenvalue weighted by Crippen LogP contribution is -2.03. The molecule has 2 rings (SSSR count). The summed E-state index contributed by atoms with van der Waals surface area (Å²) in [6.07, 6.45) is 1.86. The van der Waals surface area contributed by atoms with Gasteiger partial charge in [0.05, 0.1) is 0 Å². The molecule has 5 heteroatoms. The third-order valence-corrected chi connectivity index (χ3v) is 2.95. The van der Waals surface area contributed by atoms with Gasteiger partial charge in [-0.3, -0.25) is 5.32 Å². The van der Waals surface area contributed by atoms with Crippen molar-refractivity contribution in [3.05, 3.63) is 40.7 Å². The predicted molar refractivity (Wildman–Crippen MR) is 79.9 cm³/mol. The molecule has 0 saturated heterocycles. The van der Waals surface area contributed by atoms with Crippen LogP contribution in [0.15, 0.2) is 18.2 Å². The largest absolute Gasteiger partial charge is 0.340 e. The summed E-state index contributed by atoms with van der Waals surface area (Å²) < 4.78 is 0. The highest BCUT2D eigenvalue weighted by molar-refractivity contribution is 5.66. The Labute approximate surface area is 118 Å². The zero-order chi connectivity index (χ0) is 14.7. The molecule has 0 radical (unpaired) electrons. The van der Waals surface area contributed by atoms with Crippen LogP contribution in [0.3, 0.4) is 0 Å². The molecule has 1 heterocycles. The third kappa shape index (κ3) is 3.04. The van der Waals surface area contributed by atoms with E-state index in [0.29, 0.717) is 17.5 Å². The van der Waals surface area contributed by atoms with Gasteiger partial charge in [-0.2, -0.15) is 5.26 Å². The predicted octanol–water partition coefficient (Wildman–Crippen LogP) is 3.35. The molecule has 2 aromatic rings. The Kier molecular flexibility index (Phi) is 3.85. The Balaban J connectivity index is 2.38. The number of aryl methyl sites for hydroxylation is 4. The van der Waals surface area contributed by atoms with E-state index in [0.717, 1.165) is 16.8 Å². The molecule has 0 saturated carbocycles. The van der Waals surface area contributed by atoms with Crippen LogP contribution in [0.25, 0.3) is 0 Å². The Hall–Kier alpha value is -2.61. The van der Waals surface area contributed by atoms with Crippen LogP contribution < -0.4 is 10.6 Å². The van der Waals surface area contributed by atoms with E-state index in [9.17, 15) is 0 Å². The molecule has 102 valence electrons. The van der Waals surface area contributed by atoms with Crippen molar-refractivity contribution in [2.45, 2.75) is 27.7 Å². The molecule has 5 nitrogen and oxygen atoms in total. The Morgan fingerprint density at radius 2 is 1.55 bits per heavy atom. The van der Waals surface area contributed by atoms with Crippen molar-refractivity contribution in [2.24, 2.45) is 0 Å². The topological polar surface area (TPSA) is 73.6 Å². The van der Waals surface area contributed by atoms with Crippen molar-refractivity contribution in [1.82, 2.24) is 9.97 Å². The van der Waals surface area contributed by atoms with Crippen LogP contribution in [0.1, 0.15) is 22.5 Å². The Morgan fingerprint density at radius 1 is 0.950 bits per heavy atom. The normalized spacial score (nSPS) is 9.95. The minimum atomic E-state index is 0.491. The van der Waals surface area contributed by atoms with Crippen LogP contribution in [-0.2, 0) is 0 Å². The van der Waals surface area contributed by atoms with Crippen LogP contribution in [0.4, 0.5) is 17.3 Å². The van der Waals surface area contributed by atoms with E-state index >= 15 is 0 Å². The molecule has 0 aliphatic heterocycles. The van der Waals surface area contributed by atoms with Crippen molar-refractivity contribution in [2.75, 3.05) is 10.6 Å². The van der Waals surface area contributed by atoms with Gasteiger partial charge in [0, 0.05) is 11.8 Å². The second kappa shape index (κ2) is 5.57. The molecular formula is C15H17N5. The van der Waals surface area contributed by atoms with Crippen LogP contribution in [0.2, 0.25) is 0 Å². The van der Waals surface area contributed by atoms with Gasteiger partial charge < -0.3 is 5.32 Å². The molecule has 0 spiro atoms. The number of hydrogen-bond donors (Lipinski definition) is 2. The molecule has 0 aliphatic rings. The highest BCUT2D eigenvalue weighted by Gasteiger charge is 2.07.